The molecule has 3 nitrogen and oxygen atoms in total. The van der Waals surface area contributed by atoms with Crippen LogP contribution in [-0.4, -0.2) is 12.2 Å². The molecule has 0 rings (SSSR count). The minimum atomic E-state index is -0.890. The summed E-state index contributed by atoms with van der Waals surface area (Å²) in [7, 11) is 0. The third-order valence-electron chi connectivity index (χ3n) is 0.905. The van der Waals surface area contributed by atoms with Gasteiger partial charge in [-0.15, -0.1) is 0 Å². The van der Waals surface area contributed by atoms with Crippen LogP contribution in [0.2, 0.25) is 0 Å². The lowest BCUT2D eigenvalue weighted by Crippen LogP contribution is -2.12. The average molecular weight is 151 g/mol. The summed E-state index contributed by atoms with van der Waals surface area (Å²) in [5, 5.41) is 0. The van der Waals surface area contributed by atoms with E-state index < -0.39 is 12.2 Å². The number of carbonyl (C=O) groups excluding carboxylic acids is 1. The monoisotopic (exact) mass is 151 g/mol. The van der Waals surface area contributed by atoms with Crippen molar-refractivity contribution in [3.05, 3.63) is 36.2 Å². The number of rotatable bonds is 3. The Bertz CT molecular complexity index is 225. The smallest absolute Gasteiger partial charge is 0.385 e. The van der Waals surface area contributed by atoms with Gasteiger partial charge in [0.2, 0.25) is 0 Å². The summed E-state index contributed by atoms with van der Waals surface area (Å²) in [6.45, 7) is 14.7. The van der Waals surface area contributed by atoms with E-state index in [2.05, 4.69) is 22.7 Å². The molecule has 1 atom stereocenters. The number of hydrogen-bond acceptors (Lipinski definition) is 2. The molecule has 0 fully saturated rings. The molecule has 0 aliphatic heterocycles. The summed E-state index contributed by atoms with van der Waals surface area (Å²) in [5.41, 5.74) is 0.278. The summed E-state index contributed by atoms with van der Waals surface area (Å²) in [6, 6.07) is 0. The van der Waals surface area contributed by atoms with Crippen LogP contribution in [0.15, 0.2) is 24.8 Å². The molecule has 0 amide bonds. The van der Waals surface area contributed by atoms with Crippen LogP contribution in [0.3, 0.4) is 0 Å². The molecule has 1 unspecified atom stereocenters. The predicted molar refractivity (Wildman–Crippen MR) is 41.5 cm³/mol. The van der Waals surface area contributed by atoms with Crippen LogP contribution >= 0.6 is 0 Å². The number of ether oxygens (including phenoxy) is 1. The predicted octanol–water partition coefficient (Wildman–Crippen LogP) is 1.54. The maximum Gasteiger partial charge on any atom is 0.388 e. The first-order valence-electron chi connectivity index (χ1n) is 2.97. The van der Waals surface area contributed by atoms with Gasteiger partial charge in [-0.25, -0.2) is 11.4 Å². The molecule has 0 aromatic carbocycles. The van der Waals surface area contributed by atoms with Crippen LogP contribution in [0.5, 0.6) is 0 Å². The highest BCUT2D eigenvalue weighted by molar-refractivity contribution is 5.87. The molecule has 0 spiro atoms. The first-order valence-corrected chi connectivity index (χ1v) is 2.97. The van der Waals surface area contributed by atoms with E-state index in [0.29, 0.717) is 0 Å². The Balaban J connectivity index is 4.05. The molecule has 0 bridgehead atoms. The number of nitrogens with zero attached hydrogens (tertiary/aromatic N) is 1. The van der Waals surface area contributed by atoms with Gasteiger partial charge < -0.3 is 4.74 Å². The molecule has 0 aliphatic carbocycles. The first-order chi connectivity index (χ1) is 5.11. The van der Waals surface area contributed by atoms with Crippen molar-refractivity contribution in [2.24, 2.45) is 0 Å². The van der Waals surface area contributed by atoms with Gasteiger partial charge >= 0.3 is 12.2 Å². The number of hydrogen-bond donors (Lipinski definition) is 0. The highest BCUT2D eigenvalue weighted by Crippen LogP contribution is 2.00. The quantitative estimate of drug-likeness (QED) is 0.265. The van der Waals surface area contributed by atoms with Crippen molar-refractivity contribution in [2.75, 3.05) is 0 Å². The lowest BCUT2D eigenvalue weighted by atomic mass is 10.4. The molecule has 0 N–H and O–H groups in total. The second-order valence-corrected chi connectivity index (χ2v) is 1.94. The maximum absolute atomic E-state index is 10.8. The molecule has 0 heterocycles. The summed E-state index contributed by atoms with van der Waals surface area (Å²) < 4.78 is 4.60. The van der Waals surface area contributed by atoms with Crippen molar-refractivity contribution in [3.63, 3.8) is 0 Å². The zero-order chi connectivity index (χ0) is 8.85. The Morgan fingerprint density at radius 3 is 2.64 bits per heavy atom. The van der Waals surface area contributed by atoms with Crippen molar-refractivity contribution in [1.29, 1.82) is 0 Å². The second-order valence-electron chi connectivity index (χ2n) is 1.94. The third kappa shape index (κ3) is 3.21. The van der Waals surface area contributed by atoms with Crippen molar-refractivity contribution in [3.8, 4) is 0 Å². The molecule has 0 aromatic heterocycles. The summed E-state index contributed by atoms with van der Waals surface area (Å²) >= 11 is 0. The van der Waals surface area contributed by atoms with E-state index in [4.69, 9.17) is 6.57 Å². The molecule has 0 radical (unpaired) electrons. The van der Waals surface area contributed by atoms with Crippen molar-refractivity contribution in [1.82, 2.24) is 0 Å². The highest BCUT2D eigenvalue weighted by Gasteiger charge is 2.12. The van der Waals surface area contributed by atoms with E-state index in [9.17, 15) is 4.79 Å². The van der Waals surface area contributed by atoms with Gasteiger partial charge in [-0.05, 0) is 6.92 Å². The Labute approximate surface area is 65.8 Å². The molecular weight excluding hydrogens is 142 g/mol. The van der Waals surface area contributed by atoms with Crippen LogP contribution in [-0.2, 0) is 9.53 Å². The Morgan fingerprint density at radius 1 is 1.82 bits per heavy atom. The zero-order valence-electron chi connectivity index (χ0n) is 6.33. The summed E-state index contributed by atoms with van der Waals surface area (Å²) in [5.74, 6) is -0.564. The van der Waals surface area contributed by atoms with E-state index in [0.717, 1.165) is 0 Å². The van der Waals surface area contributed by atoms with Gasteiger partial charge in [-0.2, -0.15) is 0 Å². The van der Waals surface area contributed by atoms with E-state index in [-0.39, 0.29) is 5.57 Å². The molecule has 3 heteroatoms. The molecule has 0 aliphatic rings. The summed E-state index contributed by atoms with van der Waals surface area (Å²) in [6.07, 6.45) is 0.368. The maximum atomic E-state index is 10.8. The van der Waals surface area contributed by atoms with E-state index in [1.807, 2.05) is 0 Å². The molecular formula is C8H9NO2. The van der Waals surface area contributed by atoms with E-state index in [1.165, 1.54) is 13.0 Å². The van der Waals surface area contributed by atoms with Gasteiger partial charge in [0, 0.05) is 11.6 Å². The van der Waals surface area contributed by atoms with E-state index in [1.54, 1.807) is 0 Å². The van der Waals surface area contributed by atoms with Crippen molar-refractivity contribution in [2.45, 2.75) is 13.2 Å². The SMILES string of the molecule is [C-]#[N+]C(C=C)OC(=O)C(=C)C. The zero-order valence-corrected chi connectivity index (χ0v) is 6.33. The van der Waals surface area contributed by atoms with Crippen LogP contribution < -0.4 is 0 Å². The van der Waals surface area contributed by atoms with Crippen LogP contribution in [0, 0.1) is 6.57 Å². The summed E-state index contributed by atoms with van der Waals surface area (Å²) in [4.78, 5) is 13.7. The Hall–Kier alpha value is -1.56. The first kappa shape index (κ1) is 9.44. The lowest BCUT2D eigenvalue weighted by molar-refractivity contribution is -0.140. The second kappa shape index (κ2) is 4.29. The van der Waals surface area contributed by atoms with E-state index >= 15 is 0 Å². The van der Waals surface area contributed by atoms with Crippen LogP contribution in [0.1, 0.15) is 6.92 Å². The van der Waals surface area contributed by atoms with Gasteiger partial charge in [0.05, 0.1) is 0 Å². The van der Waals surface area contributed by atoms with Gasteiger partial charge in [0.1, 0.15) is 0 Å². The van der Waals surface area contributed by atoms with Gasteiger partial charge in [0.25, 0.3) is 0 Å². The highest BCUT2D eigenvalue weighted by atomic mass is 16.6. The minimum absolute atomic E-state index is 0.278. The number of esters is 1. The molecule has 11 heavy (non-hydrogen) atoms. The normalized spacial score (nSPS) is 10.9. The Kier molecular flexibility index (Phi) is 3.68. The fourth-order valence-electron chi connectivity index (χ4n) is 0.337. The molecule has 0 aromatic rings. The fraction of sp³-hybridized carbons (Fsp3) is 0.250. The van der Waals surface area contributed by atoms with Crippen molar-refractivity contribution < 1.29 is 9.53 Å². The lowest BCUT2D eigenvalue weighted by Gasteiger charge is -2.01. The minimum Gasteiger partial charge on any atom is -0.385 e. The largest absolute Gasteiger partial charge is 0.388 e. The van der Waals surface area contributed by atoms with Gasteiger partial charge in [-0.3, -0.25) is 4.85 Å². The fourth-order valence-corrected chi connectivity index (χ4v) is 0.337. The topological polar surface area (TPSA) is 30.7 Å². The molecule has 0 saturated heterocycles. The van der Waals surface area contributed by atoms with Gasteiger partial charge in [-0.1, -0.05) is 13.2 Å². The number of carbonyl (C=O) groups is 1. The molecule has 0 saturated carbocycles. The van der Waals surface area contributed by atoms with Crippen molar-refractivity contribution >= 4 is 5.97 Å². The van der Waals surface area contributed by atoms with Gasteiger partial charge in [0.15, 0.2) is 0 Å². The van der Waals surface area contributed by atoms with Crippen LogP contribution in [0.4, 0.5) is 0 Å². The molecule has 58 valence electrons. The standard InChI is InChI=1S/C8H9NO2/c1-5-7(9-4)11-8(10)6(2)3/h5,7H,1-2H2,3H3. The van der Waals surface area contributed by atoms with Crippen LogP contribution in [0.25, 0.3) is 4.85 Å². The third-order valence-corrected chi connectivity index (χ3v) is 0.905. The Morgan fingerprint density at radius 2 is 2.36 bits per heavy atom. The average Bonchev–Trinajstić information content (AvgIpc) is 1.99.